The molecule has 6 rings (SSSR count). The summed E-state index contributed by atoms with van der Waals surface area (Å²) in [7, 11) is 1.78. The van der Waals surface area contributed by atoms with Gasteiger partial charge < -0.3 is 5.32 Å². The first kappa shape index (κ1) is 21.9. The summed E-state index contributed by atoms with van der Waals surface area (Å²) in [6.45, 7) is 0. The lowest BCUT2D eigenvalue weighted by Crippen LogP contribution is -2.22. The van der Waals surface area contributed by atoms with Gasteiger partial charge in [0.1, 0.15) is 5.69 Å². The summed E-state index contributed by atoms with van der Waals surface area (Å²) in [5, 5.41) is 18.5. The van der Waals surface area contributed by atoms with Crippen molar-refractivity contribution < 1.29 is 13.6 Å². The van der Waals surface area contributed by atoms with E-state index in [1.165, 1.54) is 27.2 Å². The Labute approximate surface area is 197 Å². The SMILES string of the molecule is Cl.Cn1cc(-c2ccc3nnc(C(F)(F)c4ccc5nc(NC(=O)C6CC6)cn5n4)n3c2)cn1. The molecule has 1 N–H and O–H groups in total. The zero-order chi connectivity index (χ0) is 22.7. The number of carbonyl (C=O) groups is 1. The first-order chi connectivity index (χ1) is 15.9. The summed E-state index contributed by atoms with van der Waals surface area (Å²) >= 11 is 0. The number of imidazole rings is 1. The van der Waals surface area contributed by atoms with Crippen LogP contribution in [0.4, 0.5) is 14.6 Å². The van der Waals surface area contributed by atoms with Gasteiger partial charge in [-0.05, 0) is 37.1 Å². The van der Waals surface area contributed by atoms with E-state index in [-0.39, 0.29) is 35.7 Å². The molecular formula is C21H18ClF2N9O. The molecular weight excluding hydrogens is 468 g/mol. The quantitative estimate of drug-likeness (QED) is 0.410. The number of anilines is 1. The van der Waals surface area contributed by atoms with E-state index >= 15 is 8.78 Å². The summed E-state index contributed by atoms with van der Waals surface area (Å²) in [5.41, 5.74) is 1.58. The fraction of sp³-hybridized carbons (Fsp3) is 0.238. The Hall–Kier alpha value is -3.93. The Morgan fingerprint density at radius 3 is 2.59 bits per heavy atom. The molecule has 0 radical (unpaired) electrons. The van der Waals surface area contributed by atoms with Crippen LogP contribution in [0.2, 0.25) is 0 Å². The lowest BCUT2D eigenvalue weighted by molar-refractivity contribution is -0.117. The molecule has 174 valence electrons. The van der Waals surface area contributed by atoms with E-state index < -0.39 is 17.4 Å². The first-order valence-corrected chi connectivity index (χ1v) is 10.3. The van der Waals surface area contributed by atoms with Crippen LogP contribution in [-0.2, 0) is 17.8 Å². The van der Waals surface area contributed by atoms with Gasteiger partial charge in [-0.1, -0.05) is 0 Å². The van der Waals surface area contributed by atoms with E-state index in [1.807, 2.05) is 0 Å². The predicted octanol–water partition coefficient (Wildman–Crippen LogP) is 3.08. The molecule has 5 aromatic rings. The molecule has 0 bridgehead atoms. The average Bonchev–Trinajstić information content (AvgIpc) is 3.22. The molecule has 1 fully saturated rings. The maximum Gasteiger partial charge on any atom is 0.350 e. The Kier molecular flexibility index (Phi) is 5.04. The number of alkyl halides is 2. The zero-order valence-corrected chi connectivity index (χ0v) is 18.6. The van der Waals surface area contributed by atoms with Crippen molar-refractivity contribution in [1.82, 2.24) is 39.0 Å². The predicted molar refractivity (Wildman–Crippen MR) is 120 cm³/mol. The lowest BCUT2D eigenvalue weighted by atomic mass is 10.1. The molecule has 13 heteroatoms. The van der Waals surface area contributed by atoms with Gasteiger partial charge in [-0.15, -0.1) is 22.6 Å². The summed E-state index contributed by atoms with van der Waals surface area (Å²) in [5.74, 6) is -3.95. The number of nitrogens with zero attached hydrogens (tertiary/aromatic N) is 8. The normalized spacial score (nSPS) is 13.9. The van der Waals surface area contributed by atoms with Gasteiger partial charge in [0.25, 0.3) is 0 Å². The smallest absolute Gasteiger partial charge is 0.309 e. The van der Waals surface area contributed by atoms with E-state index in [9.17, 15) is 4.79 Å². The van der Waals surface area contributed by atoms with Crippen molar-refractivity contribution in [3.63, 3.8) is 0 Å². The van der Waals surface area contributed by atoms with Crippen molar-refractivity contribution in [1.29, 1.82) is 0 Å². The highest BCUT2D eigenvalue weighted by Gasteiger charge is 2.41. The molecule has 1 amide bonds. The van der Waals surface area contributed by atoms with Crippen LogP contribution < -0.4 is 5.32 Å². The molecule has 1 aliphatic carbocycles. The Bertz CT molecular complexity index is 1540. The molecule has 5 aromatic heterocycles. The zero-order valence-electron chi connectivity index (χ0n) is 17.8. The molecule has 0 atom stereocenters. The number of hydrogen-bond donors (Lipinski definition) is 1. The Morgan fingerprint density at radius 2 is 1.85 bits per heavy atom. The van der Waals surface area contributed by atoms with Crippen molar-refractivity contribution in [2.45, 2.75) is 18.8 Å². The molecule has 1 aliphatic rings. The van der Waals surface area contributed by atoms with Gasteiger partial charge in [0.05, 0.1) is 12.4 Å². The Morgan fingerprint density at radius 1 is 1.06 bits per heavy atom. The van der Waals surface area contributed by atoms with Crippen LogP contribution in [0.25, 0.3) is 22.4 Å². The average molecular weight is 486 g/mol. The molecule has 0 aromatic carbocycles. The molecule has 10 nitrogen and oxygen atoms in total. The van der Waals surface area contributed by atoms with Crippen LogP contribution in [0.1, 0.15) is 24.4 Å². The number of aryl methyl sites for hydroxylation is 1. The minimum atomic E-state index is -3.54. The molecule has 34 heavy (non-hydrogen) atoms. The highest BCUT2D eigenvalue weighted by atomic mass is 35.5. The summed E-state index contributed by atoms with van der Waals surface area (Å²) in [6.07, 6.45) is 8.11. The number of amides is 1. The fourth-order valence-electron chi connectivity index (χ4n) is 3.64. The van der Waals surface area contributed by atoms with Crippen molar-refractivity contribution in [3.8, 4) is 11.1 Å². The van der Waals surface area contributed by atoms with Gasteiger partial charge in [-0.3, -0.25) is 13.9 Å². The molecule has 0 spiro atoms. The maximum atomic E-state index is 15.5. The highest BCUT2D eigenvalue weighted by Crippen LogP contribution is 2.34. The number of aromatic nitrogens is 8. The van der Waals surface area contributed by atoms with E-state index in [0.29, 0.717) is 11.2 Å². The maximum absolute atomic E-state index is 15.5. The number of pyridine rings is 1. The second-order valence-electron chi connectivity index (χ2n) is 8.06. The number of nitrogens with one attached hydrogen (secondary N) is 1. The summed E-state index contributed by atoms with van der Waals surface area (Å²) < 4.78 is 35.2. The number of carbonyl (C=O) groups excluding carboxylic acids is 1. The van der Waals surface area contributed by atoms with E-state index in [2.05, 4.69) is 30.7 Å². The third-order valence-corrected chi connectivity index (χ3v) is 5.56. The third-order valence-electron chi connectivity index (χ3n) is 5.56. The third kappa shape index (κ3) is 3.65. The van der Waals surface area contributed by atoms with E-state index in [1.54, 1.807) is 42.5 Å². The van der Waals surface area contributed by atoms with Crippen molar-refractivity contribution in [2.75, 3.05) is 5.32 Å². The second kappa shape index (κ2) is 7.83. The minimum Gasteiger partial charge on any atom is -0.309 e. The number of fused-ring (bicyclic) bond motifs is 2. The summed E-state index contributed by atoms with van der Waals surface area (Å²) in [4.78, 5) is 16.2. The van der Waals surface area contributed by atoms with Gasteiger partial charge in [0, 0.05) is 36.5 Å². The molecule has 5 heterocycles. The van der Waals surface area contributed by atoms with Crippen LogP contribution in [-0.4, -0.2) is 44.9 Å². The van der Waals surface area contributed by atoms with Gasteiger partial charge in [0.15, 0.2) is 17.1 Å². The van der Waals surface area contributed by atoms with Crippen LogP contribution >= 0.6 is 12.4 Å². The number of halogens is 3. The molecule has 1 saturated carbocycles. The number of hydrogen-bond acceptors (Lipinski definition) is 6. The molecule has 0 aliphatic heterocycles. The van der Waals surface area contributed by atoms with Crippen LogP contribution in [0.5, 0.6) is 0 Å². The largest absolute Gasteiger partial charge is 0.350 e. The molecule has 0 saturated heterocycles. The van der Waals surface area contributed by atoms with Crippen molar-refractivity contribution >= 4 is 35.4 Å². The van der Waals surface area contributed by atoms with Crippen LogP contribution in [0, 0.1) is 5.92 Å². The van der Waals surface area contributed by atoms with Crippen LogP contribution in [0.3, 0.4) is 0 Å². The van der Waals surface area contributed by atoms with Gasteiger partial charge >= 0.3 is 5.92 Å². The Balaban J connectivity index is 0.00000241. The van der Waals surface area contributed by atoms with E-state index in [4.69, 9.17) is 0 Å². The monoisotopic (exact) mass is 485 g/mol. The molecule has 0 unspecified atom stereocenters. The van der Waals surface area contributed by atoms with Crippen molar-refractivity contribution in [3.05, 3.63) is 60.6 Å². The van der Waals surface area contributed by atoms with Gasteiger partial charge in [0.2, 0.25) is 11.7 Å². The van der Waals surface area contributed by atoms with Crippen molar-refractivity contribution in [2.24, 2.45) is 13.0 Å². The lowest BCUT2D eigenvalue weighted by Gasteiger charge is -2.14. The number of rotatable bonds is 5. The van der Waals surface area contributed by atoms with Gasteiger partial charge in [-0.25, -0.2) is 9.50 Å². The standard InChI is InChI=1S/C21H17F2N9O.ClH/c1-30-9-14(8-24-30)13-4-6-18-27-28-20(31(18)10-13)21(22,23)15-5-7-17-25-16(11-32(17)29-15)26-19(33)12-2-3-12;/h4-12H,2-3H2,1H3,(H,26,33);1H. The van der Waals surface area contributed by atoms with Crippen LogP contribution in [0.15, 0.2) is 49.1 Å². The second-order valence-corrected chi connectivity index (χ2v) is 8.06. The topological polar surface area (TPSA) is 107 Å². The first-order valence-electron chi connectivity index (χ1n) is 10.3. The fourth-order valence-corrected chi connectivity index (χ4v) is 3.64. The van der Waals surface area contributed by atoms with Gasteiger partial charge in [-0.2, -0.15) is 19.0 Å². The summed E-state index contributed by atoms with van der Waals surface area (Å²) in [6, 6.07) is 6.01. The minimum absolute atomic E-state index is 0. The highest BCUT2D eigenvalue weighted by molar-refractivity contribution is 5.93. The van der Waals surface area contributed by atoms with E-state index in [0.717, 1.165) is 18.4 Å².